The first-order valence-electron chi connectivity index (χ1n) is 15.0. The summed E-state index contributed by atoms with van der Waals surface area (Å²) in [5.74, 6) is 0. The number of fused-ring (bicyclic) bond motifs is 3. The molecule has 0 heterocycles. The Morgan fingerprint density at radius 2 is 0.702 bits per heavy atom. The largest absolute Gasteiger partial charge is 0.323 e. The molecule has 4 amide bonds. The number of anilines is 4. The average Bonchev–Trinajstić information content (AvgIpc) is 3.39. The highest BCUT2D eigenvalue weighted by Crippen LogP contribution is 2.56. The summed E-state index contributed by atoms with van der Waals surface area (Å²) in [5.41, 5.74) is 8.67. The molecular weight excluding hydrogens is 627 g/mol. The van der Waals surface area contributed by atoms with Crippen LogP contribution in [0.2, 0.25) is 10.0 Å². The van der Waals surface area contributed by atoms with E-state index in [1.165, 1.54) is 0 Å². The van der Waals surface area contributed by atoms with Crippen LogP contribution in [0, 0.1) is 0 Å². The first kappa shape index (κ1) is 30.1. The van der Waals surface area contributed by atoms with E-state index in [0.29, 0.717) is 32.8 Å². The number of nitrogens with one attached hydrogen (secondary N) is 4. The number of amides is 4. The second-order valence-corrected chi connectivity index (χ2v) is 12.0. The van der Waals surface area contributed by atoms with Gasteiger partial charge >= 0.3 is 12.1 Å². The Balaban J connectivity index is 1.21. The topological polar surface area (TPSA) is 82.3 Å². The van der Waals surface area contributed by atoms with Crippen molar-refractivity contribution in [2.24, 2.45) is 0 Å². The monoisotopic (exact) mass is 654 g/mol. The second-order valence-electron chi connectivity index (χ2n) is 11.2. The molecule has 0 saturated heterocycles. The normalized spacial score (nSPS) is 12.4. The number of carbonyl (C=O) groups excluding carboxylic acids is 2. The van der Waals surface area contributed by atoms with Gasteiger partial charge in [0.15, 0.2) is 0 Å². The maximum Gasteiger partial charge on any atom is 0.323 e. The summed E-state index contributed by atoms with van der Waals surface area (Å²) in [7, 11) is 0. The van der Waals surface area contributed by atoms with Gasteiger partial charge in [0.25, 0.3) is 0 Å². The van der Waals surface area contributed by atoms with E-state index < -0.39 is 5.41 Å². The molecular formula is C39H28Cl2N4O2. The van der Waals surface area contributed by atoms with E-state index in [2.05, 4.69) is 94.1 Å². The Labute approximate surface area is 282 Å². The highest BCUT2D eigenvalue weighted by molar-refractivity contribution is 6.31. The van der Waals surface area contributed by atoms with E-state index in [-0.39, 0.29) is 12.1 Å². The van der Waals surface area contributed by atoms with Crippen molar-refractivity contribution in [3.63, 3.8) is 0 Å². The number of rotatable bonds is 6. The SMILES string of the molecule is O=C(Nc1ccc(Cl)cc1)Nc1ccc(C2(c3ccc(NC(=O)Nc4ccc(Cl)cc4)cc3)c3ccccc3-c3ccccc32)cc1. The Kier molecular flexibility index (Phi) is 8.12. The molecule has 6 nitrogen and oxygen atoms in total. The van der Waals surface area contributed by atoms with Crippen molar-refractivity contribution >= 4 is 58.0 Å². The highest BCUT2D eigenvalue weighted by atomic mass is 35.5. The van der Waals surface area contributed by atoms with Crippen LogP contribution >= 0.6 is 23.2 Å². The molecule has 0 spiro atoms. The quantitative estimate of drug-likeness (QED) is 0.144. The van der Waals surface area contributed by atoms with Crippen molar-refractivity contribution in [1.82, 2.24) is 0 Å². The van der Waals surface area contributed by atoms with Gasteiger partial charge in [-0.15, -0.1) is 0 Å². The predicted octanol–water partition coefficient (Wildman–Crippen LogP) is 10.6. The van der Waals surface area contributed by atoms with Crippen molar-refractivity contribution in [3.05, 3.63) is 178 Å². The van der Waals surface area contributed by atoms with Gasteiger partial charge in [0.05, 0.1) is 5.41 Å². The Morgan fingerprint density at radius 3 is 1.04 bits per heavy atom. The number of halogens is 2. The Bertz CT molecular complexity index is 1930. The smallest absolute Gasteiger partial charge is 0.308 e. The van der Waals surface area contributed by atoms with Crippen LogP contribution in [0.1, 0.15) is 22.3 Å². The standard InChI is InChI=1S/C39H28Cl2N4O2/c40-27-13-21-31(22-14-27)44-37(46)42-29-17-9-25(10-18-29)39(35-7-3-1-5-33(35)34-6-2-4-8-36(34)39)26-11-19-30(20-12-26)43-38(47)45-32-23-15-28(41)16-24-32/h1-24H,(H2,42,44,46)(H2,43,45,47). The maximum atomic E-state index is 12.7. The van der Waals surface area contributed by atoms with Gasteiger partial charge < -0.3 is 21.3 Å². The lowest BCUT2D eigenvalue weighted by atomic mass is 9.67. The van der Waals surface area contributed by atoms with Crippen LogP contribution in [0.3, 0.4) is 0 Å². The summed E-state index contributed by atoms with van der Waals surface area (Å²) in [6, 6.07) is 46.0. The van der Waals surface area contributed by atoms with Crippen molar-refractivity contribution in [2.45, 2.75) is 5.41 Å². The van der Waals surface area contributed by atoms with Crippen LogP contribution in [0.15, 0.2) is 146 Å². The molecule has 6 aromatic carbocycles. The molecule has 1 aliphatic carbocycles. The number of benzene rings is 6. The van der Waals surface area contributed by atoms with Crippen LogP contribution in [-0.2, 0) is 5.41 Å². The number of carbonyl (C=O) groups is 2. The van der Waals surface area contributed by atoms with E-state index in [4.69, 9.17) is 23.2 Å². The van der Waals surface area contributed by atoms with Crippen LogP contribution in [-0.4, -0.2) is 12.1 Å². The lowest BCUT2D eigenvalue weighted by Gasteiger charge is -2.34. The van der Waals surface area contributed by atoms with Gasteiger partial charge in [0, 0.05) is 32.8 Å². The molecule has 0 unspecified atom stereocenters. The average molecular weight is 656 g/mol. The Morgan fingerprint density at radius 1 is 0.404 bits per heavy atom. The van der Waals surface area contributed by atoms with Crippen LogP contribution < -0.4 is 21.3 Å². The van der Waals surface area contributed by atoms with E-state index >= 15 is 0 Å². The highest BCUT2D eigenvalue weighted by Gasteiger charge is 2.45. The van der Waals surface area contributed by atoms with Crippen LogP contribution in [0.4, 0.5) is 32.3 Å². The lowest BCUT2D eigenvalue weighted by molar-refractivity contribution is 0.261. The van der Waals surface area contributed by atoms with Gasteiger partial charge in [0.2, 0.25) is 0 Å². The third-order valence-corrected chi connectivity index (χ3v) is 8.81. The zero-order valence-electron chi connectivity index (χ0n) is 24.9. The van der Waals surface area contributed by atoms with Gasteiger partial charge in [-0.25, -0.2) is 9.59 Å². The number of hydrogen-bond donors (Lipinski definition) is 4. The van der Waals surface area contributed by atoms with E-state index in [1.807, 2.05) is 24.3 Å². The van der Waals surface area contributed by atoms with Gasteiger partial charge in [-0.1, -0.05) is 96.0 Å². The molecule has 0 fully saturated rings. The van der Waals surface area contributed by atoms with Gasteiger partial charge in [-0.2, -0.15) is 0 Å². The summed E-state index contributed by atoms with van der Waals surface area (Å²) < 4.78 is 0. The first-order valence-corrected chi connectivity index (χ1v) is 15.7. The molecule has 7 rings (SSSR count). The molecule has 0 bridgehead atoms. The zero-order chi connectivity index (χ0) is 32.4. The van der Waals surface area contributed by atoms with Gasteiger partial charge in [-0.05, 0) is 106 Å². The molecule has 0 radical (unpaired) electrons. The molecule has 0 saturated carbocycles. The molecule has 0 atom stereocenters. The minimum Gasteiger partial charge on any atom is -0.308 e. The molecule has 47 heavy (non-hydrogen) atoms. The lowest BCUT2D eigenvalue weighted by Crippen LogP contribution is -2.28. The van der Waals surface area contributed by atoms with Crippen molar-refractivity contribution in [1.29, 1.82) is 0 Å². The summed E-state index contributed by atoms with van der Waals surface area (Å²) in [6.45, 7) is 0. The fourth-order valence-corrected chi connectivity index (χ4v) is 6.54. The second kappa shape index (κ2) is 12.7. The van der Waals surface area contributed by atoms with Crippen molar-refractivity contribution in [2.75, 3.05) is 21.3 Å². The van der Waals surface area contributed by atoms with Crippen LogP contribution in [0.25, 0.3) is 11.1 Å². The summed E-state index contributed by atoms with van der Waals surface area (Å²) in [5, 5.41) is 12.7. The molecule has 230 valence electrons. The Hall–Kier alpha value is -5.56. The van der Waals surface area contributed by atoms with Crippen molar-refractivity contribution < 1.29 is 9.59 Å². The maximum absolute atomic E-state index is 12.7. The fourth-order valence-electron chi connectivity index (χ4n) is 6.28. The van der Waals surface area contributed by atoms with Crippen molar-refractivity contribution in [3.8, 4) is 11.1 Å². The molecule has 6 aromatic rings. The third kappa shape index (κ3) is 5.92. The van der Waals surface area contributed by atoms with E-state index in [1.54, 1.807) is 48.5 Å². The summed E-state index contributed by atoms with van der Waals surface area (Å²) in [6.07, 6.45) is 0. The fraction of sp³-hybridized carbons (Fsp3) is 0.0256. The molecule has 4 N–H and O–H groups in total. The summed E-state index contributed by atoms with van der Waals surface area (Å²) >= 11 is 11.9. The molecule has 0 aliphatic heterocycles. The molecule has 8 heteroatoms. The zero-order valence-corrected chi connectivity index (χ0v) is 26.4. The molecule has 1 aliphatic rings. The third-order valence-electron chi connectivity index (χ3n) is 8.31. The first-order chi connectivity index (χ1) is 22.9. The minimum absolute atomic E-state index is 0.352. The van der Waals surface area contributed by atoms with Gasteiger partial charge in [0.1, 0.15) is 0 Å². The van der Waals surface area contributed by atoms with E-state index in [9.17, 15) is 9.59 Å². The number of hydrogen-bond acceptors (Lipinski definition) is 2. The van der Waals surface area contributed by atoms with Crippen LogP contribution in [0.5, 0.6) is 0 Å². The van der Waals surface area contributed by atoms with Gasteiger partial charge in [-0.3, -0.25) is 0 Å². The van der Waals surface area contributed by atoms with E-state index in [0.717, 1.165) is 33.4 Å². The number of urea groups is 2. The predicted molar refractivity (Wildman–Crippen MR) is 192 cm³/mol. The minimum atomic E-state index is -0.638. The molecule has 0 aromatic heterocycles. The summed E-state index contributed by atoms with van der Waals surface area (Å²) in [4.78, 5) is 25.5.